The summed E-state index contributed by atoms with van der Waals surface area (Å²) in [5.74, 6) is 0.725. The standard InChI is InChI=1S/C17H21ClN2OS2/c1-3-17(4-2)12-20(9-10-23(17)21)16-19-15(11-22-16)13-7-5-6-8-14(13)18/h5-8,11H,3-4,9-10,12H2,1-2H3. The highest BCUT2D eigenvalue weighted by molar-refractivity contribution is 7.86. The molecular weight excluding hydrogens is 348 g/mol. The number of anilines is 1. The molecule has 1 aromatic carbocycles. The predicted octanol–water partition coefficient (Wildman–Crippen LogP) is 4.59. The van der Waals surface area contributed by atoms with Crippen LogP contribution in [0.1, 0.15) is 26.7 Å². The van der Waals surface area contributed by atoms with Crippen molar-refractivity contribution in [1.82, 2.24) is 4.98 Å². The summed E-state index contributed by atoms with van der Waals surface area (Å²) in [6.07, 6.45) is 1.88. The first-order valence-corrected chi connectivity index (χ1v) is 10.5. The van der Waals surface area contributed by atoms with Gasteiger partial charge >= 0.3 is 0 Å². The highest BCUT2D eigenvalue weighted by Crippen LogP contribution is 2.35. The molecule has 2 aromatic rings. The van der Waals surface area contributed by atoms with Crippen molar-refractivity contribution in [3.63, 3.8) is 0 Å². The van der Waals surface area contributed by atoms with Crippen LogP contribution in [0.2, 0.25) is 5.02 Å². The van der Waals surface area contributed by atoms with Gasteiger partial charge in [-0.2, -0.15) is 0 Å². The largest absolute Gasteiger partial charge is 0.346 e. The van der Waals surface area contributed by atoms with Crippen LogP contribution < -0.4 is 4.90 Å². The van der Waals surface area contributed by atoms with Gasteiger partial charge < -0.3 is 4.90 Å². The zero-order chi connectivity index (χ0) is 16.4. The second kappa shape index (κ2) is 6.91. The third-order valence-electron chi connectivity index (χ3n) is 4.71. The summed E-state index contributed by atoms with van der Waals surface area (Å²) < 4.78 is 12.4. The number of halogens is 1. The average Bonchev–Trinajstić information content (AvgIpc) is 3.06. The van der Waals surface area contributed by atoms with Crippen LogP contribution in [-0.4, -0.2) is 32.8 Å². The van der Waals surface area contributed by atoms with E-state index < -0.39 is 10.8 Å². The molecule has 0 spiro atoms. The van der Waals surface area contributed by atoms with Gasteiger partial charge in [-0.25, -0.2) is 4.98 Å². The van der Waals surface area contributed by atoms with Gasteiger partial charge in [0.1, 0.15) is 0 Å². The molecule has 124 valence electrons. The maximum absolute atomic E-state index is 12.5. The molecule has 0 radical (unpaired) electrons. The van der Waals surface area contributed by atoms with E-state index in [0.29, 0.717) is 0 Å². The Hall–Kier alpha value is -0.910. The van der Waals surface area contributed by atoms with Gasteiger partial charge in [0.25, 0.3) is 0 Å². The summed E-state index contributed by atoms with van der Waals surface area (Å²) in [6, 6.07) is 7.79. The monoisotopic (exact) mass is 368 g/mol. The number of hydrogen-bond donors (Lipinski definition) is 0. The fourth-order valence-electron chi connectivity index (χ4n) is 3.07. The Balaban J connectivity index is 1.86. The van der Waals surface area contributed by atoms with E-state index in [4.69, 9.17) is 16.6 Å². The van der Waals surface area contributed by atoms with Gasteiger partial charge in [-0.3, -0.25) is 4.21 Å². The van der Waals surface area contributed by atoms with E-state index >= 15 is 0 Å². The molecule has 1 aromatic heterocycles. The van der Waals surface area contributed by atoms with Gasteiger partial charge in [-0.15, -0.1) is 11.3 Å². The van der Waals surface area contributed by atoms with Gasteiger partial charge in [0, 0.05) is 45.6 Å². The van der Waals surface area contributed by atoms with Crippen LogP contribution >= 0.6 is 22.9 Å². The van der Waals surface area contributed by atoms with E-state index in [1.807, 2.05) is 24.3 Å². The van der Waals surface area contributed by atoms with Crippen LogP contribution in [0, 0.1) is 0 Å². The lowest BCUT2D eigenvalue weighted by atomic mass is 10.0. The van der Waals surface area contributed by atoms with Crippen molar-refractivity contribution in [2.75, 3.05) is 23.7 Å². The molecule has 1 aliphatic rings. The number of aromatic nitrogens is 1. The Morgan fingerprint density at radius 2 is 2.09 bits per heavy atom. The Kier molecular flexibility index (Phi) is 5.09. The Morgan fingerprint density at radius 1 is 1.35 bits per heavy atom. The molecule has 23 heavy (non-hydrogen) atoms. The van der Waals surface area contributed by atoms with Gasteiger partial charge in [-0.1, -0.05) is 43.6 Å². The van der Waals surface area contributed by atoms with Crippen molar-refractivity contribution < 1.29 is 4.21 Å². The van der Waals surface area contributed by atoms with Crippen molar-refractivity contribution in [2.45, 2.75) is 31.4 Å². The quantitative estimate of drug-likeness (QED) is 0.791. The molecule has 0 bridgehead atoms. The van der Waals surface area contributed by atoms with E-state index in [2.05, 4.69) is 24.1 Å². The highest BCUT2D eigenvalue weighted by Gasteiger charge is 2.39. The predicted molar refractivity (Wildman–Crippen MR) is 101 cm³/mol. The molecule has 1 unspecified atom stereocenters. The molecule has 0 aliphatic carbocycles. The lowest BCUT2D eigenvalue weighted by molar-refractivity contribution is 0.496. The number of rotatable bonds is 4. The summed E-state index contributed by atoms with van der Waals surface area (Å²) in [5.41, 5.74) is 1.88. The minimum atomic E-state index is -0.750. The second-order valence-electron chi connectivity index (χ2n) is 5.86. The van der Waals surface area contributed by atoms with E-state index in [1.54, 1.807) is 11.3 Å². The van der Waals surface area contributed by atoms with Crippen LogP contribution in [0.25, 0.3) is 11.3 Å². The molecule has 1 atom stereocenters. The minimum Gasteiger partial charge on any atom is -0.346 e. The Labute approximate surface area is 149 Å². The molecule has 1 saturated heterocycles. The normalized spacial score (nSPS) is 20.7. The average molecular weight is 369 g/mol. The topological polar surface area (TPSA) is 33.2 Å². The summed E-state index contributed by atoms with van der Waals surface area (Å²) in [4.78, 5) is 7.08. The van der Waals surface area contributed by atoms with E-state index in [1.165, 1.54) is 0 Å². The highest BCUT2D eigenvalue weighted by atomic mass is 35.5. The van der Waals surface area contributed by atoms with Crippen molar-refractivity contribution in [2.24, 2.45) is 0 Å². The zero-order valence-corrected chi connectivity index (χ0v) is 15.8. The van der Waals surface area contributed by atoms with Crippen LogP contribution in [0.3, 0.4) is 0 Å². The van der Waals surface area contributed by atoms with Crippen molar-refractivity contribution >= 4 is 38.9 Å². The zero-order valence-electron chi connectivity index (χ0n) is 13.4. The number of nitrogens with zero attached hydrogens (tertiary/aromatic N) is 2. The molecular formula is C17H21ClN2OS2. The number of hydrogen-bond acceptors (Lipinski definition) is 4. The van der Waals surface area contributed by atoms with E-state index in [9.17, 15) is 4.21 Å². The van der Waals surface area contributed by atoms with Crippen LogP contribution in [0.5, 0.6) is 0 Å². The van der Waals surface area contributed by atoms with Gasteiger partial charge in [0.15, 0.2) is 5.13 Å². The summed E-state index contributed by atoms with van der Waals surface area (Å²) in [7, 11) is -0.750. The fraction of sp³-hybridized carbons (Fsp3) is 0.471. The molecule has 0 amide bonds. The van der Waals surface area contributed by atoms with Crippen LogP contribution in [-0.2, 0) is 10.8 Å². The van der Waals surface area contributed by atoms with Crippen molar-refractivity contribution in [1.29, 1.82) is 0 Å². The first-order valence-electron chi connectivity index (χ1n) is 7.93. The maximum atomic E-state index is 12.5. The molecule has 3 rings (SSSR count). The SMILES string of the molecule is CCC1(CC)CN(c2nc(-c3ccccc3Cl)cs2)CCS1=O. The van der Waals surface area contributed by atoms with Crippen LogP contribution in [0.15, 0.2) is 29.6 Å². The molecule has 1 aliphatic heterocycles. The molecule has 6 heteroatoms. The molecule has 3 nitrogen and oxygen atoms in total. The fourth-order valence-corrected chi connectivity index (χ4v) is 5.92. The number of thiazole rings is 1. The summed E-state index contributed by atoms with van der Waals surface area (Å²) in [6.45, 7) is 5.91. The Bertz CT molecular complexity index is 712. The Morgan fingerprint density at radius 3 is 2.78 bits per heavy atom. The first-order chi connectivity index (χ1) is 11.1. The van der Waals surface area contributed by atoms with Gasteiger partial charge in [-0.05, 0) is 18.9 Å². The summed E-state index contributed by atoms with van der Waals surface area (Å²) in [5, 5.41) is 3.78. The maximum Gasteiger partial charge on any atom is 0.185 e. The summed E-state index contributed by atoms with van der Waals surface area (Å²) >= 11 is 7.91. The third kappa shape index (κ3) is 3.19. The number of benzene rings is 1. The molecule has 2 heterocycles. The van der Waals surface area contributed by atoms with Gasteiger partial charge in [0.2, 0.25) is 0 Å². The smallest absolute Gasteiger partial charge is 0.185 e. The third-order valence-corrected chi connectivity index (χ3v) is 8.17. The lowest BCUT2D eigenvalue weighted by Crippen LogP contribution is -2.53. The van der Waals surface area contributed by atoms with Crippen molar-refractivity contribution in [3.05, 3.63) is 34.7 Å². The molecule has 1 fully saturated rings. The molecule has 0 saturated carbocycles. The van der Waals surface area contributed by atoms with E-state index in [-0.39, 0.29) is 4.75 Å². The molecule has 0 N–H and O–H groups in total. The lowest BCUT2D eigenvalue weighted by Gasteiger charge is -2.41. The van der Waals surface area contributed by atoms with E-state index in [0.717, 1.165) is 53.1 Å². The minimum absolute atomic E-state index is 0.103. The second-order valence-corrected chi connectivity index (χ2v) is 9.07. The van der Waals surface area contributed by atoms with Crippen molar-refractivity contribution in [3.8, 4) is 11.3 Å². The van der Waals surface area contributed by atoms with Gasteiger partial charge in [0.05, 0.1) is 10.4 Å². The van der Waals surface area contributed by atoms with Crippen LogP contribution in [0.4, 0.5) is 5.13 Å². The first kappa shape index (κ1) is 16.9.